The van der Waals surface area contributed by atoms with Crippen molar-refractivity contribution in [2.24, 2.45) is 0 Å². The predicted octanol–water partition coefficient (Wildman–Crippen LogP) is 14.3. The fraction of sp³-hybridized carbons (Fsp3) is 0.111. The van der Waals surface area contributed by atoms with Gasteiger partial charge in [-0.3, -0.25) is 0 Å². The van der Waals surface area contributed by atoms with Crippen LogP contribution in [0.15, 0.2) is 170 Å². The van der Waals surface area contributed by atoms with Crippen molar-refractivity contribution in [3.05, 3.63) is 192 Å². The highest BCUT2D eigenvalue weighted by atomic mass is 15.1. The van der Waals surface area contributed by atoms with Gasteiger partial charge in [-0.25, -0.2) is 0 Å². The molecule has 0 amide bonds. The van der Waals surface area contributed by atoms with Crippen molar-refractivity contribution in [2.45, 2.75) is 32.1 Å². The molecule has 9 aromatic carbocycles. The van der Waals surface area contributed by atoms with Crippen LogP contribution in [0, 0.1) is 0 Å². The molecule has 0 radical (unpaired) electrons. The van der Waals surface area contributed by atoms with Gasteiger partial charge in [0.1, 0.15) is 0 Å². The smallest absolute Gasteiger partial charge is 0.0447 e. The fourth-order valence-corrected chi connectivity index (χ4v) is 9.92. The SMILES string of the molecule is CN1c2ccccc2CCc2ccc(-c3c4ccccc4c(-c4ccc5c(c4)-c4ccccc4C5(C)C)c4cc(-c5ccc6ccccc6c5)ccc34)cc21. The normalized spacial score (nSPS) is 14.1. The molecule has 0 spiro atoms. The Balaban J connectivity index is 1.20. The fourth-order valence-electron chi connectivity index (χ4n) is 9.92. The zero-order valence-electron chi connectivity index (χ0n) is 31.5. The van der Waals surface area contributed by atoms with E-state index < -0.39 is 0 Å². The summed E-state index contributed by atoms with van der Waals surface area (Å²) in [5.41, 5.74) is 18.4. The molecule has 1 aliphatic carbocycles. The molecule has 1 heteroatoms. The van der Waals surface area contributed by atoms with Gasteiger partial charge in [-0.15, -0.1) is 0 Å². The molecule has 0 atom stereocenters. The average molecular weight is 704 g/mol. The maximum atomic E-state index is 2.47. The topological polar surface area (TPSA) is 3.24 Å². The molecule has 11 rings (SSSR count). The lowest BCUT2D eigenvalue weighted by Gasteiger charge is -2.24. The Labute approximate surface area is 323 Å². The molecule has 0 saturated heterocycles. The lowest BCUT2D eigenvalue weighted by Crippen LogP contribution is -2.14. The number of nitrogens with zero attached hydrogens (tertiary/aromatic N) is 1. The highest BCUT2D eigenvalue weighted by Crippen LogP contribution is 2.52. The van der Waals surface area contributed by atoms with E-state index in [9.17, 15) is 0 Å². The highest BCUT2D eigenvalue weighted by molar-refractivity contribution is 6.22. The van der Waals surface area contributed by atoms with Crippen molar-refractivity contribution in [3.63, 3.8) is 0 Å². The Morgan fingerprint density at radius 1 is 0.400 bits per heavy atom. The van der Waals surface area contributed by atoms with Crippen LogP contribution in [0.5, 0.6) is 0 Å². The van der Waals surface area contributed by atoms with Crippen molar-refractivity contribution in [1.29, 1.82) is 0 Å². The second-order valence-electron chi connectivity index (χ2n) is 16.1. The standard InChI is InChI=1S/C54H41N/c1-54(2)48-18-10-9-15-42(48)46-32-40(27-29-49(46)54)53-44-17-8-7-16-43(44)52(41-25-23-36-22-21-35-13-6-11-19-50(35)55(3)51(36)33-41)45-28-26-39(31-47(45)53)38-24-20-34-12-4-5-14-37(34)30-38/h4-20,23-33H,21-22H2,1-3H3. The van der Waals surface area contributed by atoms with Crippen LogP contribution in [-0.2, 0) is 18.3 Å². The molecule has 0 fully saturated rings. The first kappa shape index (κ1) is 32.0. The monoisotopic (exact) mass is 703 g/mol. The van der Waals surface area contributed by atoms with E-state index in [4.69, 9.17) is 0 Å². The van der Waals surface area contributed by atoms with Crippen LogP contribution >= 0.6 is 0 Å². The van der Waals surface area contributed by atoms with Crippen LogP contribution in [0.25, 0.3) is 76.8 Å². The molecule has 0 aromatic heterocycles. The first-order chi connectivity index (χ1) is 26.9. The van der Waals surface area contributed by atoms with E-state index in [1.54, 1.807) is 0 Å². The molecule has 0 bridgehead atoms. The van der Waals surface area contributed by atoms with E-state index in [0.717, 1.165) is 12.8 Å². The summed E-state index contributed by atoms with van der Waals surface area (Å²) in [6.07, 6.45) is 2.08. The van der Waals surface area contributed by atoms with E-state index in [1.165, 1.54) is 110 Å². The van der Waals surface area contributed by atoms with Gasteiger partial charge in [0.05, 0.1) is 0 Å². The zero-order chi connectivity index (χ0) is 36.8. The minimum atomic E-state index is -0.0410. The van der Waals surface area contributed by atoms with Crippen molar-refractivity contribution in [1.82, 2.24) is 0 Å². The Hall–Kier alpha value is -6.44. The molecule has 9 aromatic rings. The number of rotatable bonds is 3. The Morgan fingerprint density at radius 2 is 0.982 bits per heavy atom. The minimum Gasteiger partial charge on any atom is -0.344 e. The number of fused-ring (bicyclic) bond motifs is 8. The van der Waals surface area contributed by atoms with Crippen LogP contribution in [-0.4, -0.2) is 7.05 Å². The number of hydrogen-bond donors (Lipinski definition) is 0. The van der Waals surface area contributed by atoms with Gasteiger partial charge >= 0.3 is 0 Å². The number of anilines is 2. The Bertz CT molecular complexity index is 3040. The maximum absolute atomic E-state index is 2.47. The summed E-state index contributed by atoms with van der Waals surface area (Å²) in [5.74, 6) is 0. The first-order valence-corrected chi connectivity index (χ1v) is 19.6. The van der Waals surface area contributed by atoms with Crippen LogP contribution in [0.3, 0.4) is 0 Å². The molecule has 262 valence electrons. The number of benzene rings is 9. The van der Waals surface area contributed by atoms with E-state index in [0.29, 0.717) is 0 Å². The first-order valence-electron chi connectivity index (χ1n) is 19.6. The van der Waals surface area contributed by atoms with Crippen LogP contribution in [0.4, 0.5) is 11.4 Å². The summed E-state index contributed by atoms with van der Waals surface area (Å²) in [5, 5.41) is 7.63. The molecule has 1 nitrogen and oxygen atoms in total. The maximum Gasteiger partial charge on any atom is 0.0447 e. The van der Waals surface area contributed by atoms with Gasteiger partial charge in [0.25, 0.3) is 0 Å². The van der Waals surface area contributed by atoms with Gasteiger partial charge in [-0.1, -0.05) is 153 Å². The van der Waals surface area contributed by atoms with Crippen molar-refractivity contribution >= 4 is 43.7 Å². The Kier molecular flexibility index (Phi) is 7.01. The lowest BCUT2D eigenvalue weighted by atomic mass is 9.81. The largest absolute Gasteiger partial charge is 0.344 e. The zero-order valence-corrected chi connectivity index (χ0v) is 31.5. The molecule has 0 saturated carbocycles. The third kappa shape index (κ3) is 4.86. The van der Waals surface area contributed by atoms with Crippen molar-refractivity contribution in [2.75, 3.05) is 11.9 Å². The second-order valence-corrected chi connectivity index (χ2v) is 16.1. The van der Waals surface area contributed by atoms with Crippen LogP contribution in [0.1, 0.15) is 36.1 Å². The van der Waals surface area contributed by atoms with Crippen LogP contribution in [0.2, 0.25) is 0 Å². The van der Waals surface area contributed by atoms with Crippen molar-refractivity contribution in [3.8, 4) is 44.5 Å². The summed E-state index contributed by atoms with van der Waals surface area (Å²) in [6.45, 7) is 4.73. The number of hydrogen-bond acceptors (Lipinski definition) is 1. The van der Waals surface area contributed by atoms with Gasteiger partial charge in [-0.2, -0.15) is 0 Å². The third-order valence-electron chi connectivity index (χ3n) is 12.7. The van der Waals surface area contributed by atoms with E-state index in [1.807, 2.05) is 0 Å². The van der Waals surface area contributed by atoms with Crippen LogP contribution < -0.4 is 4.90 Å². The molecule has 0 unspecified atom stereocenters. The van der Waals surface area contributed by atoms with Gasteiger partial charge in [0.15, 0.2) is 0 Å². The lowest BCUT2D eigenvalue weighted by molar-refractivity contribution is 0.660. The average Bonchev–Trinajstić information content (AvgIpc) is 3.36. The molecule has 1 aliphatic heterocycles. The van der Waals surface area contributed by atoms with E-state index in [-0.39, 0.29) is 5.41 Å². The molecule has 1 heterocycles. The van der Waals surface area contributed by atoms with E-state index >= 15 is 0 Å². The summed E-state index contributed by atoms with van der Waals surface area (Å²) >= 11 is 0. The van der Waals surface area contributed by atoms with Gasteiger partial charge in [-0.05, 0) is 142 Å². The molecule has 2 aliphatic rings. The number of aryl methyl sites for hydroxylation is 2. The van der Waals surface area contributed by atoms with Gasteiger partial charge < -0.3 is 4.90 Å². The Morgan fingerprint density at radius 3 is 1.84 bits per heavy atom. The van der Waals surface area contributed by atoms with E-state index in [2.05, 4.69) is 196 Å². The third-order valence-corrected chi connectivity index (χ3v) is 12.7. The molecule has 55 heavy (non-hydrogen) atoms. The van der Waals surface area contributed by atoms with Gasteiger partial charge in [0, 0.05) is 23.8 Å². The molecular formula is C54H41N. The van der Waals surface area contributed by atoms with Gasteiger partial charge in [0.2, 0.25) is 0 Å². The summed E-state index contributed by atoms with van der Waals surface area (Å²) in [6, 6.07) is 64.1. The second kappa shape index (κ2) is 12.0. The summed E-state index contributed by atoms with van der Waals surface area (Å²) < 4.78 is 0. The highest BCUT2D eigenvalue weighted by Gasteiger charge is 2.35. The summed E-state index contributed by atoms with van der Waals surface area (Å²) in [7, 11) is 2.23. The molecular weight excluding hydrogens is 663 g/mol. The van der Waals surface area contributed by atoms with Crippen molar-refractivity contribution < 1.29 is 0 Å². The summed E-state index contributed by atoms with van der Waals surface area (Å²) in [4.78, 5) is 2.40. The minimum absolute atomic E-state index is 0.0410. The number of para-hydroxylation sites is 1. The predicted molar refractivity (Wildman–Crippen MR) is 235 cm³/mol. The molecule has 0 N–H and O–H groups in total. The quantitative estimate of drug-likeness (QED) is 0.166.